The molecule has 1 amide bonds. The quantitative estimate of drug-likeness (QED) is 0.553. The second-order valence-electron chi connectivity index (χ2n) is 5.64. The lowest BCUT2D eigenvalue weighted by molar-refractivity contribution is 0.0949. The number of carbonyl (C=O) groups is 1. The van der Waals surface area contributed by atoms with Gasteiger partial charge in [-0.05, 0) is 41.8 Å². The molecule has 26 heavy (non-hydrogen) atoms. The Morgan fingerprint density at radius 1 is 1.08 bits per heavy atom. The first kappa shape index (κ1) is 19.2. The monoisotopic (exact) mass is 424 g/mol. The highest BCUT2D eigenvalue weighted by Gasteiger charge is 2.13. The van der Waals surface area contributed by atoms with Crippen molar-refractivity contribution in [3.63, 3.8) is 0 Å². The first-order chi connectivity index (χ1) is 12.5. The van der Waals surface area contributed by atoms with Crippen molar-refractivity contribution in [3.05, 3.63) is 84.7 Å². The fourth-order valence-corrected chi connectivity index (χ4v) is 3.98. The van der Waals surface area contributed by atoms with Crippen molar-refractivity contribution in [2.45, 2.75) is 12.8 Å². The van der Waals surface area contributed by atoms with E-state index in [4.69, 9.17) is 34.8 Å². The molecule has 0 atom stereocenters. The number of hydrogen-bond acceptors (Lipinski definition) is 3. The van der Waals surface area contributed by atoms with Crippen LogP contribution in [-0.2, 0) is 12.8 Å². The number of nitrogens with zero attached hydrogens (tertiary/aromatic N) is 1. The number of thiazole rings is 1. The summed E-state index contributed by atoms with van der Waals surface area (Å²) in [5, 5.41) is 7.30. The summed E-state index contributed by atoms with van der Waals surface area (Å²) in [6.07, 6.45) is 1.21. The van der Waals surface area contributed by atoms with Crippen LogP contribution in [0.1, 0.15) is 26.6 Å². The summed E-state index contributed by atoms with van der Waals surface area (Å²) in [7, 11) is 0. The largest absolute Gasteiger partial charge is 0.350 e. The van der Waals surface area contributed by atoms with Crippen LogP contribution in [0.5, 0.6) is 0 Å². The minimum Gasteiger partial charge on any atom is -0.350 e. The van der Waals surface area contributed by atoms with E-state index in [0.29, 0.717) is 40.1 Å². The van der Waals surface area contributed by atoms with Crippen LogP contribution in [0.3, 0.4) is 0 Å². The zero-order chi connectivity index (χ0) is 18.5. The predicted molar refractivity (Wildman–Crippen MR) is 109 cm³/mol. The predicted octanol–water partition coefficient (Wildman–Crippen LogP) is 5.67. The topological polar surface area (TPSA) is 42.0 Å². The van der Waals surface area contributed by atoms with Crippen molar-refractivity contribution in [2.75, 3.05) is 6.54 Å². The molecule has 0 saturated carbocycles. The summed E-state index contributed by atoms with van der Waals surface area (Å²) in [5.74, 6) is -0.195. The summed E-state index contributed by atoms with van der Waals surface area (Å²) in [6.45, 7) is 0.516. The van der Waals surface area contributed by atoms with Gasteiger partial charge in [-0.1, -0.05) is 53.0 Å². The zero-order valence-corrected chi connectivity index (χ0v) is 16.7. The van der Waals surface area contributed by atoms with Crippen molar-refractivity contribution in [1.29, 1.82) is 0 Å². The lowest BCUT2D eigenvalue weighted by Gasteiger charge is -2.05. The molecule has 1 N–H and O–H groups in total. The maximum absolute atomic E-state index is 12.3. The summed E-state index contributed by atoms with van der Waals surface area (Å²) in [6, 6.07) is 13.0. The molecule has 0 fully saturated rings. The molecule has 3 aromatic rings. The molecule has 1 aromatic heterocycles. The van der Waals surface area contributed by atoms with Gasteiger partial charge < -0.3 is 5.32 Å². The Hall–Kier alpha value is -1.59. The van der Waals surface area contributed by atoms with Crippen molar-refractivity contribution >= 4 is 52.0 Å². The SMILES string of the molecule is O=C(NCCc1cccc(Cl)c1)c1csc(Cc2c(Cl)cccc2Cl)n1. The van der Waals surface area contributed by atoms with Crippen molar-refractivity contribution in [1.82, 2.24) is 10.3 Å². The van der Waals surface area contributed by atoms with Crippen molar-refractivity contribution in [2.24, 2.45) is 0 Å². The third kappa shape index (κ3) is 4.98. The Labute approximate surface area is 170 Å². The van der Waals surface area contributed by atoms with Gasteiger partial charge in [0.25, 0.3) is 5.91 Å². The van der Waals surface area contributed by atoms with Crippen molar-refractivity contribution in [3.8, 4) is 0 Å². The van der Waals surface area contributed by atoms with Gasteiger partial charge in [-0.2, -0.15) is 0 Å². The molecule has 1 heterocycles. The highest BCUT2D eigenvalue weighted by atomic mass is 35.5. The van der Waals surface area contributed by atoms with Gasteiger partial charge in [0.05, 0.1) is 5.01 Å². The Bertz CT molecular complexity index is 906. The van der Waals surface area contributed by atoms with Gasteiger partial charge in [0.1, 0.15) is 5.69 Å². The molecule has 7 heteroatoms. The van der Waals surface area contributed by atoms with Gasteiger partial charge in [0.15, 0.2) is 0 Å². The molecule has 0 bridgehead atoms. The van der Waals surface area contributed by atoms with Crippen LogP contribution >= 0.6 is 46.1 Å². The third-order valence-corrected chi connectivity index (χ3v) is 5.55. The third-order valence-electron chi connectivity index (χ3n) is 3.76. The van der Waals surface area contributed by atoms with Crippen LogP contribution in [0, 0.1) is 0 Å². The summed E-state index contributed by atoms with van der Waals surface area (Å²) in [5.41, 5.74) is 2.29. The maximum Gasteiger partial charge on any atom is 0.270 e. The number of aromatic nitrogens is 1. The van der Waals surface area contributed by atoms with E-state index in [1.54, 1.807) is 23.6 Å². The minimum absolute atomic E-state index is 0.195. The van der Waals surface area contributed by atoms with Gasteiger partial charge in [0, 0.05) is 33.4 Å². The van der Waals surface area contributed by atoms with Crippen LogP contribution < -0.4 is 5.32 Å². The van der Waals surface area contributed by atoms with Gasteiger partial charge in [-0.15, -0.1) is 11.3 Å². The molecule has 0 unspecified atom stereocenters. The van der Waals surface area contributed by atoms with Crippen LogP contribution in [0.2, 0.25) is 15.1 Å². The standard InChI is InChI=1S/C19H15Cl3N2OS/c20-13-4-1-3-12(9-13)7-8-23-19(25)17-11-26-18(24-17)10-14-15(21)5-2-6-16(14)22/h1-6,9,11H,7-8,10H2,(H,23,25). The summed E-state index contributed by atoms with van der Waals surface area (Å²) in [4.78, 5) is 16.7. The smallest absolute Gasteiger partial charge is 0.270 e. The van der Waals surface area contributed by atoms with E-state index in [-0.39, 0.29) is 5.91 Å². The lowest BCUT2D eigenvalue weighted by atomic mass is 10.1. The normalized spacial score (nSPS) is 10.7. The average Bonchev–Trinajstić information content (AvgIpc) is 3.07. The summed E-state index contributed by atoms with van der Waals surface area (Å²) >= 11 is 19.8. The number of carbonyl (C=O) groups excluding carboxylic acids is 1. The first-order valence-corrected chi connectivity index (χ1v) is 9.94. The fourth-order valence-electron chi connectivity index (χ4n) is 2.45. The van der Waals surface area contributed by atoms with Gasteiger partial charge in [0.2, 0.25) is 0 Å². The second kappa shape index (κ2) is 8.87. The van der Waals surface area contributed by atoms with E-state index in [1.807, 2.05) is 24.3 Å². The van der Waals surface area contributed by atoms with Crippen LogP contribution in [-0.4, -0.2) is 17.4 Å². The fraction of sp³-hybridized carbons (Fsp3) is 0.158. The average molecular weight is 426 g/mol. The van der Waals surface area contributed by atoms with Crippen LogP contribution in [0.15, 0.2) is 47.8 Å². The maximum atomic E-state index is 12.3. The molecule has 0 aliphatic heterocycles. The van der Waals surface area contributed by atoms with E-state index in [2.05, 4.69) is 10.3 Å². The van der Waals surface area contributed by atoms with Gasteiger partial charge in [-0.3, -0.25) is 4.79 Å². The summed E-state index contributed by atoms with van der Waals surface area (Å²) < 4.78 is 0. The highest BCUT2D eigenvalue weighted by molar-refractivity contribution is 7.09. The highest BCUT2D eigenvalue weighted by Crippen LogP contribution is 2.27. The number of rotatable bonds is 6. The number of amides is 1. The molecule has 0 spiro atoms. The van der Waals surface area contributed by atoms with Crippen molar-refractivity contribution < 1.29 is 4.79 Å². The number of nitrogens with one attached hydrogen (secondary N) is 1. The Morgan fingerprint density at radius 3 is 2.54 bits per heavy atom. The van der Waals surface area contributed by atoms with E-state index in [0.717, 1.165) is 16.1 Å². The van der Waals surface area contributed by atoms with E-state index >= 15 is 0 Å². The number of hydrogen-bond donors (Lipinski definition) is 1. The Morgan fingerprint density at radius 2 is 1.81 bits per heavy atom. The first-order valence-electron chi connectivity index (χ1n) is 7.93. The molecule has 0 aliphatic carbocycles. The van der Waals surface area contributed by atoms with Crippen LogP contribution in [0.25, 0.3) is 0 Å². The molecule has 2 aromatic carbocycles. The molecule has 0 aliphatic rings. The van der Waals surface area contributed by atoms with Crippen LogP contribution in [0.4, 0.5) is 0 Å². The van der Waals surface area contributed by atoms with Gasteiger partial charge >= 0.3 is 0 Å². The number of halogens is 3. The molecule has 3 rings (SSSR count). The van der Waals surface area contributed by atoms with E-state index in [9.17, 15) is 4.79 Å². The van der Waals surface area contributed by atoms with E-state index < -0.39 is 0 Å². The molecule has 0 radical (unpaired) electrons. The molecule has 134 valence electrons. The Kier molecular flexibility index (Phi) is 6.54. The Balaban J connectivity index is 1.58. The molecule has 3 nitrogen and oxygen atoms in total. The zero-order valence-electron chi connectivity index (χ0n) is 13.6. The van der Waals surface area contributed by atoms with E-state index in [1.165, 1.54) is 11.3 Å². The minimum atomic E-state index is -0.195. The lowest BCUT2D eigenvalue weighted by Crippen LogP contribution is -2.26. The molecular weight excluding hydrogens is 411 g/mol. The molecule has 0 saturated heterocycles. The second-order valence-corrected chi connectivity index (χ2v) is 7.83. The van der Waals surface area contributed by atoms with Gasteiger partial charge in [-0.25, -0.2) is 4.98 Å². The number of benzene rings is 2. The molecular formula is C19H15Cl3N2OS.